The number of hydrogen-bond donors (Lipinski definition) is 2. The Morgan fingerprint density at radius 2 is 2.00 bits per heavy atom. The number of benzene rings is 1. The van der Waals surface area contributed by atoms with Crippen LogP contribution in [-0.4, -0.2) is 42.1 Å². The molecule has 5 heteroatoms. The molecule has 0 aliphatic carbocycles. The molecule has 3 atom stereocenters. The Kier molecular flexibility index (Phi) is 4.85. The number of carbonyl (C=O) groups is 1. The molecule has 1 aliphatic rings. The summed E-state index contributed by atoms with van der Waals surface area (Å²) in [7, 11) is 0. The number of ether oxygens (including phenoxy) is 1. The Labute approximate surface area is 126 Å². The van der Waals surface area contributed by atoms with Crippen molar-refractivity contribution in [2.24, 2.45) is 0 Å². The number of hydrogen-bond acceptors (Lipinski definition) is 4. The molecule has 0 spiro atoms. The fourth-order valence-corrected chi connectivity index (χ4v) is 2.76. The van der Waals surface area contributed by atoms with Crippen molar-refractivity contribution in [2.75, 3.05) is 24.1 Å². The standard InChI is InChI=1S/C16H25N3O2/c1-10-7-14(17)5-6-15(10)18-16(20)13(4)19-8-11(2)21-12(3)9-19/h5-7,11-13H,8-9,17H2,1-4H3,(H,18,20). The van der Waals surface area contributed by atoms with Crippen molar-refractivity contribution in [3.05, 3.63) is 23.8 Å². The van der Waals surface area contributed by atoms with Crippen LogP contribution in [0.1, 0.15) is 26.3 Å². The molecule has 116 valence electrons. The molecule has 0 saturated carbocycles. The highest BCUT2D eigenvalue weighted by atomic mass is 16.5. The molecule has 3 unspecified atom stereocenters. The largest absolute Gasteiger partial charge is 0.399 e. The maximum absolute atomic E-state index is 12.4. The first kappa shape index (κ1) is 15.8. The van der Waals surface area contributed by atoms with E-state index in [-0.39, 0.29) is 24.2 Å². The van der Waals surface area contributed by atoms with Crippen molar-refractivity contribution >= 4 is 17.3 Å². The first-order valence-corrected chi connectivity index (χ1v) is 7.43. The topological polar surface area (TPSA) is 67.6 Å². The molecule has 21 heavy (non-hydrogen) atoms. The number of carbonyl (C=O) groups excluding carboxylic acids is 1. The lowest BCUT2D eigenvalue weighted by Gasteiger charge is -2.38. The number of nitrogens with one attached hydrogen (secondary N) is 1. The number of amides is 1. The Hall–Kier alpha value is -1.59. The van der Waals surface area contributed by atoms with Gasteiger partial charge in [0, 0.05) is 24.5 Å². The predicted molar refractivity (Wildman–Crippen MR) is 85.3 cm³/mol. The highest BCUT2D eigenvalue weighted by Gasteiger charge is 2.29. The summed E-state index contributed by atoms with van der Waals surface area (Å²) >= 11 is 0. The van der Waals surface area contributed by atoms with Gasteiger partial charge in [-0.1, -0.05) is 0 Å². The van der Waals surface area contributed by atoms with Crippen LogP contribution in [0.15, 0.2) is 18.2 Å². The zero-order valence-corrected chi connectivity index (χ0v) is 13.2. The van der Waals surface area contributed by atoms with E-state index in [4.69, 9.17) is 10.5 Å². The van der Waals surface area contributed by atoms with Crippen LogP contribution in [0.5, 0.6) is 0 Å². The highest BCUT2D eigenvalue weighted by Crippen LogP contribution is 2.19. The zero-order valence-electron chi connectivity index (χ0n) is 13.2. The summed E-state index contributed by atoms with van der Waals surface area (Å²) in [6, 6.07) is 5.32. The monoisotopic (exact) mass is 291 g/mol. The van der Waals surface area contributed by atoms with Crippen LogP contribution in [0.2, 0.25) is 0 Å². The number of anilines is 2. The number of aryl methyl sites for hydroxylation is 1. The lowest BCUT2D eigenvalue weighted by atomic mass is 10.1. The minimum absolute atomic E-state index is 0.00386. The van der Waals surface area contributed by atoms with E-state index in [9.17, 15) is 4.79 Å². The van der Waals surface area contributed by atoms with Crippen molar-refractivity contribution in [1.82, 2.24) is 4.90 Å². The van der Waals surface area contributed by atoms with Crippen LogP contribution in [0, 0.1) is 6.92 Å². The lowest BCUT2D eigenvalue weighted by molar-refractivity contribution is -0.126. The van der Waals surface area contributed by atoms with E-state index in [0.29, 0.717) is 5.69 Å². The molecule has 1 heterocycles. The average molecular weight is 291 g/mol. The van der Waals surface area contributed by atoms with Crippen LogP contribution in [-0.2, 0) is 9.53 Å². The zero-order chi connectivity index (χ0) is 15.6. The second-order valence-electron chi connectivity index (χ2n) is 5.95. The minimum atomic E-state index is -0.184. The van der Waals surface area contributed by atoms with Gasteiger partial charge in [0.05, 0.1) is 18.2 Å². The van der Waals surface area contributed by atoms with Crippen molar-refractivity contribution < 1.29 is 9.53 Å². The number of morpholine rings is 1. The van der Waals surface area contributed by atoms with E-state index in [1.807, 2.05) is 39.8 Å². The van der Waals surface area contributed by atoms with Crippen LogP contribution < -0.4 is 11.1 Å². The summed E-state index contributed by atoms with van der Waals surface area (Å²) in [5.41, 5.74) is 8.22. The maximum atomic E-state index is 12.4. The van der Waals surface area contributed by atoms with Gasteiger partial charge in [0.1, 0.15) is 0 Å². The third kappa shape index (κ3) is 3.95. The lowest BCUT2D eigenvalue weighted by Crippen LogP contribution is -2.52. The van der Waals surface area contributed by atoms with Gasteiger partial charge in [-0.05, 0) is 51.5 Å². The molecular weight excluding hydrogens is 266 g/mol. The van der Waals surface area contributed by atoms with Gasteiger partial charge in [0.25, 0.3) is 0 Å². The number of nitrogens with two attached hydrogens (primary N) is 1. The smallest absolute Gasteiger partial charge is 0.241 e. The number of nitrogens with zero attached hydrogens (tertiary/aromatic N) is 1. The third-order valence-electron chi connectivity index (χ3n) is 3.88. The Balaban J connectivity index is 2.02. The first-order chi connectivity index (χ1) is 9.86. The normalized spacial score (nSPS) is 24.6. The van der Waals surface area contributed by atoms with Crippen molar-refractivity contribution in [2.45, 2.75) is 45.9 Å². The Morgan fingerprint density at radius 3 is 2.57 bits per heavy atom. The van der Waals surface area contributed by atoms with Gasteiger partial charge in [-0.25, -0.2) is 0 Å². The second-order valence-corrected chi connectivity index (χ2v) is 5.95. The Bertz CT molecular complexity index is 508. The van der Waals surface area contributed by atoms with Gasteiger partial charge in [-0.15, -0.1) is 0 Å². The third-order valence-corrected chi connectivity index (χ3v) is 3.88. The molecule has 3 N–H and O–H groups in total. The quantitative estimate of drug-likeness (QED) is 0.836. The molecule has 0 aromatic heterocycles. The maximum Gasteiger partial charge on any atom is 0.241 e. The molecule has 1 aromatic rings. The molecule has 0 radical (unpaired) electrons. The average Bonchev–Trinajstić information content (AvgIpc) is 2.40. The summed E-state index contributed by atoms with van der Waals surface area (Å²) < 4.78 is 5.71. The summed E-state index contributed by atoms with van der Waals surface area (Å²) in [5.74, 6) is 0.00386. The van der Waals surface area contributed by atoms with Crippen LogP contribution in [0.3, 0.4) is 0 Å². The second kappa shape index (κ2) is 6.45. The number of nitrogen functional groups attached to an aromatic ring is 1. The van der Waals surface area contributed by atoms with Gasteiger partial charge in [0.2, 0.25) is 5.91 Å². The van der Waals surface area contributed by atoms with E-state index in [1.165, 1.54) is 0 Å². The number of rotatable bonds is 3. The predicted octanol–water partition coefficient (Wildman–Crippen LogP) is 2.01. The van der Waals surface area contributed by atoms with E-state index >= 15 is 0 Å². The molecule has 1 saturated heterocycles. The van der Waals surface area contributed by atoms with Gasteiger partial charge in [0.15, 0.2) is 0 Å². The summed E-state index contributed by atoms with van der Waals surface area (Å²) in [5, 5.41) is 2.99. The minimum Gasteiger partial charge on any atom is -0.399 e. The van der Waals surface area contributed by atoms with E-state index in [2.05, 4.69) is 10.2 Å². The molecule has 5 nitrogen and oxygen atoms in total. The molecule has 1 aromatic carbocycles. The summed E-state index contributed by atoms with van der Waals surface area (Å²) in [6.45, 7) is 9.51. The van der Waals surface area contributed by atoms with Crippen molar-refractivity contribution in [1.29, 1.82) is 0 Å². The van der Waals surface area contributed by atoms with Crippen LogP contribution in [0.25, 0.3) is 0 Å². The van der Waals surface area contributed by atoms with E-state index in [0.717, 1.165) is 24.3 Å². The van der Waals surface area contributed by atoms with Crippen molar-refractivity contribution in [3.8, 4) is 0 Å². The summed E-state index contributed by atoms with van der Waals surface area (Å²) in [4.78, 5) is 14.6. The van der Waals surface area contributed by atoms with Crippen LogP contribution >= 0.6 is 0 Å². The Morgan fingerprint density at radius 1 is 1.38 bits per heavy atom. The van der Waals surface area contributed by atoms with E-state index < -0.39 is 0 Å². The molecular formula is C16H25N3O2. The molecule has 1 aliphatic heterocycles. The van der Waals surface area contributed by atoms with Gasteiger partial charge in [-0.3, -0.25) is 9.69 Å². The van der Waals surface area contributed by atoms with Gasteiger partial charge < -0.3 is 15.8 Å². The first-order valence-electron chi connectivity index (χ1n) is 7.43. The molecule has 1 fully saturated rings. The highest BCUT2D eigenvalue weighted by molar-refractivity contribution is 5.95. The fraction of sp³-hybridized carbons (Fsp3) is 0.562. The molecule has 2 rings (SSSR count). The molecule has 0 bridgehead atoms. The SMILES string of the molecule is Cc1cc(N)ccc1NC(=O)C(C)N1CC(C)OC(C)C1. The van der Waals surface area contributed by atoms with E-state index in [1.54, 1.807) is 6.07 Å². The summed E-state index contributed by atoms with van der Waals surface area (Å²) in [6.07, 6.45) is 0.310. The van der Waals surface area contributed by atoms with Gasteiger partial charge >= 0.3 is 0 Å². The fourth-order valence-electron chi connectivity index (χ4n) is 2.76. The van der Waals surface area contributed by atoms with Gasteiger partial charge in [-0.2, -0.15) is 0 Å². The molecule has 1 amide bonds. The van der Waals surface area contributed by atoms with Crippen LogP contribution in [0.4, 0.5) is 11.4 Å². The van der Waals surface area contributed by atoms with Crippen molar-refractivity contribution in [3.63, 3.8) is 0 Å².